The minimum atomic E-state index is -3.41. The highest BCUT2D eigenvalue weighted by molar-refractivity contribution is 7.92. The number of nitrogens with one attached hydrogen (secondary N) is 2. The van der Waals surface area contributed by atoms with E-state index < -0.39 is 20.5 Å². The number of H-pyrrole nitrogens is 1. The van der Waals surface area contributed by atoms with Crippen molar-refractivity contribution in [1.29, 1.82) is 0 Å². The van der Waals surface area contributed by atoms with Gasteiger partial charge in [0.05, 0.1) is 0 Å². The lowest BCUT2D eigenvalue weighted by Gasteiger charge is -2.21. The van der Waals surface area contributed by atoms with E-state index in [-0.39, 0.29) is 0 Å². The Labute approximate surface area is 107 Å². The average Bonchev–Trinajstić information content (AvgIpc) is 2.75. The van der Waals surface area contributed by atoms with Crippen LogP contribution in [-0.2, 0) is 21.1 Å². The highest BCUT2D eigenvalue weighted by atomic mass is 32.2. The molecule has 1 rings (SSSR count). The molecule has 0 saturated heterocycles. The van der Waals surface area contributed by atoms with E-state index in [1.165, 1.54) is 13.8 Å². The first-order chi connectivity index (χ1) is 8.25. The van der Waals surface area contributed by atoms with Crippen molar-refractivity contribution in [3.8, 4) is 0 Å². The van der Waals surface area contributed by atoms with Gasteiger partial charge in [-0.25, -0.2) is 13.4 Å². The standard InChI is InChI=1S/C11H19N3O3S/c1-11(2,18(3,16)17)10(15)14-6-4-5-9-12-7-8-13-9/h7-8H,4-6H2,1-3H3,(H,12,13)(H,14,15). The fourth-order valence-electron chi connectivity index (χ4n) is 1.27. The Hall–Kier alpha value is -1.37. The van der Waals surface area contributed by atoms with E-state index in [1.54, 1.807) is 12.4 Å². The summed E-state index contributed by atoms with van der Waals surface area (Å²) in [5.74, 6) is 0.385. The number of rotatable bonds is 6. The number of nitrogens with zero attached hydrogens (tertiary/aromatic N) is 1. The fourth-order valence-corrected chi connectivity index (χ4v) is 1.68. The molecule has 0 fully saturated rings. The summed E-state index contributed by atoms with van der Waals surface area (Å²) in [6.45, 7) is 3.24. The number of aromatic amines is 1. The van der Waals surface area contributed by atoms with Gasteiger partial charge in [0.25, 0.3) is 0 Å². The summed E-state index contributed by atoms with van der Waals surface area (Å²) in [4.78, 5) is 18.8. The summed E-state index contributed by atoms with van der Waals surface area (Å²) in [6, 6.07) is 0. The SMILES string of the molecule is CC(C)(C(=O)NCCCc1ncc[nH]1)S(C)(=O)=O. The van der Waals surface area contributed by atoms with Gasteiger partial charge in [0.1, 0.15) is 10.6 Å². The molecule has 6 nitrogen and oxygen atoms in total. The second-order valence-electron chi connectivity index (χ2n) is 4.68. The van der Waals surface area contributed by atoms with Crippen LogP contribution in [0.25, 0.3) is 0 Å². The number of amides is 1. The largest absolute Gasteiger partial charge is 0.355 e. The molecule has 0 saturated carbocycles. The van der Waals surface area contributed by atoms with E-state index in [4.69, 9.17) is 0 Å². The molecule has 7 heteroatoms. The lowest BCUT2D eigenvalue weighted by atomic mass is 10.2. The van der Waals surface area contributed by atoms with E-state index >= 15 is 0 Å². The molecule has 18 heavy (non-hydrogen) atoms. The summed E-state index contributed by atoms with van der Waals surface area (Å²) in [5, 5.41) is 2.63. The van der Waals surface area contributed by atoms with Crippen molar-refractivity contribution >= 4 is 15.7 Å². The number of carbonyl (C=O) groups excluding carboxylic acids is 1. The Morgan fingerprint density at radius 3 is 2.67 bits per heavy atom. The molecular weight excluding hydrogens is 254 g/mol. The molecular formula is C11H19N3O3S. The first-order valence-corrected chi connectivity index (χ1v) is 7.60. The van der Waals surface area contributed by atoms with Gasteiger partial charge in [-0.15, -0.1) is 0 Å². The minimum Gasteiger partial charge on any atom is -0.355 e. The predicted molar refractivity (Wildman–Crippen MR) is 68.8 cm³/mol. The molecule has 0 aliphatic carbocycles. The molecule has 0 bridgehead atoms. The van der Waals surface area contributed by atoms with Crippen molar-refractivity contribution < 1.29 is 13.2 Å². The van der Waals surface area contributed by atoms with E-state index in [0.717, 1.165) is 12.1 Å². The van der Waals surface area contributed by atoms with Gasteiger partial charge in [0.2, 0.25) is 5.91 Å². The monoisotopic (exact) mass is 273 g/mol. The zero-order chi connectivity index (χ0) is 13.8. The first kappa shape index (κ1) is 14.7. The molecule has 0 atom stereocenters. The topological polar surface area (TPSA) is 91.9 Å². The van der Waals surface area contributed by atoms with Gasteiger partial charge in [0, 0.05) is 31.6 Å². The van der Waals surface area contributed by atoms with Gasteiger partial charge in [-0.05, 0) is 20.3 Å². The summed E-state index contributed by atoms with van der Waals surface area (Å²) >= 11 is 0. The molecule has 102 valence electrons. The zero-order valence-electron chi connectivity index (χ0n) is 10.9. The maximum absolute atomic E-state index is 11.8. The predicted octanol–water partition coefficient (Wildman–Crippen LogP) is 0.282. The third kappa shape index (κ3) is 3.56. The summed E-state index contributed by atoms with van der Waals surface area (Å²) < 4.78 is 21.5. The Bertz CT molecular complexity index is 492. The quantitative estimate of drug-likeness (QED) is 0.728. The number of sulfone groups is 1. The van der Waals surface area contributed by atoms with Crippen molar-refractivity contribution in [1.82, 2.24) is 15.3 Å². The van der Waals surface area contributed by atoms with Crippen LogP contribution in [0.5, 0.6) is 0 Å². The van der Waals surface area contributed by atoms with Crippen molar-refractivity contribution in [3.05, 3.63) is 18.2 Å². The van der Waals surface area contributed by atoms with E-state index in [9.17, 15) is 13.2 Å². The number of hydrogen-bond acceptors (Lipinski definition) is 4. The van der Waals surface area contributed by atoms with Gasteiger partial charge in [-0.2, -0.15) is 0 Å². The van der Waals surface area contributed by atoms with E-state index in [1.807, 2.05) is 0 Å². The normalized spacial score (nSPS) is 12.4. The van der Waals surface area contributed by atoms with Crippen molar-refractivity contribution in [2.45, 2.75) is 31.4 Å². The number of imidazole rings is 1. The third-order valence-electron chi connectivity index (χ3n) is 2.90. The molecule has 0 spiro atoms. The Morgan fingerprint density at radius 2 is 2.17 bits per heavy atom. The number of carbonyl (C=O) groups is 1. The van der Waals surface area contributed by atoms with Crippen LogP contribution in [0.2, 0.25) is 0 Å². The Kier molecular flexibility index (Phi) is 4.50. The second-order valence-corrected chi connectivity index (χ2v) is 7.24. The highest BCUT2D eigenvalue weighted by Crippen LogP contribution is 2.14. The van der Waals surface area contributed by atoms with E-state index in [0.29, 0.717) is 19.4 Å². The summed E-state index contributed by atoms with van der Waals surface area (Å²) in [7, 11) is -3.41. The zero-order valence-corrected chi connectivity index (χ0v) is 11.7. The van der Waals surface area contributed by atoms with Crippen LogP contribution in [0, 0.1) is 0 Å². The van der Waals surface area contributed by atoms with Crippen LogP contribution in [0.4, 0.5) is 0 Å². The molecule has 0 radical (unpaired) electrons. The van der Waals surface area contributed by atoms with Crippen molar-refractivity contribution in [2.24, 2.45) is 0 Å². The molecule has 0 unspecified atom stereocenters. The van der Waals surface area contributed by atoms with Crippen LogP contribution in [0.1, 0.15) is 26.1 Å². The molecule has 1 aromatic heterocycles. The van der Waals surface area contributed by atoms with Crippen molar-refractivity contribution in [3.63, 3.8) is 0 Å². The molecule has 1 aromatic rings. The number of aromatic nitrogens is 2. The van der Waals surface area contributed by atoms with Crippen LogP contribution < -0.4 is 5.32 Å². The van der Waals surface area contributed by atoms with Gasteiger partial charge < -0.3 is 10.3 Å². The van der Waals surface area contributed by atoms with Crippen LogP contribution in [0.3, 0.4) is 0 Å². The van der Waals surface area contributed by atoms with Gasteiger partial charge >= 0.3 is 0 Å². The van der Waals surface area contributed by atoms with Crippen LogP contribution in [-0.4, -0.2) is 41.8 Å². The summed E-state index contributed by atoms with van der Waals surface area (Å²) in [5.41, 5.74) is 0. The smallest absolute Gasteiger partial charge is 0.240 e. The second kappa shape index (κ2) is 5.51. The van der Waals surface area contributed by atoms with Gasteiger partial charge in [-0.1, -0.05) is 0 Å². The molecule has 0 aliphatic heterocycles. The minimum absolute atomic E-state index is 0.429. The molecule has 0 aromatic carbocycles. The highest BCUT2D eigenvalue weighted by Gasteiger charge is 2.37. The average molecular weight is 273 g/mol. The fraction of sp³-hybridized carbons (Fsp3) is 0.636. The van der Waals surface area contributed by atoms with Crippen LogP contribution in [0.15, 0.2) is 12.4 Å². The van der Waals surface area contributed by atoms with Gasteiger partial charge in [-0.3, -0.25) is 4.79 Å². The number of hydrogen-bond donors (Lipinski definition) is 2. The van der Waals surface area contributed by atoms with E-state index in [2.05, 4.69) is 15.3 Å². The van der Waals surface area contributed by atoms with Crippen LogP contribution >= 0.6 is 0 Å². The van der Waals surface area contributed by atoms with Gasteiger partial charge in [0.15, 0.2) is 9.84 Å². The maximum Gasteiger partial charge on any atom is 0.240 e. The molecule has 1 amide bonds. The lowest BCUT2D eigenvalue weighted by molar-refractivity contribution is -0.122. The summed E-state index contributed by atoms with van der Waals surface area (Å²) in [6.07, 6.45) is 5.89. The maximum atomic E-state index is 11.8. The number of aryl methyl sites for hydroxylation is 1. The molecule has 2 N–H and O–H groups in total. The third-order valence-corrected chi connectivity index (χ3v) is 4.94. The molecule has 0 aliphatic rings. The molecule has 1 heterocycles. The Morgan fingerprint density at radius 1 is 1.50 bits per heavy atom. The lowest BCUT2D eigenvalue weighted by Crippen LogP contribution is -2.47. The van der Waals surface area contributed by atoms with Crippen molar-refractivity contribution in [2.75, 3.05) is 12.8 Å². The Balaban J connectivity index is 2.38. The first-order valence-electron chi connectivity index (χ1n) is 5.71.